The van der Waals surface area contributed by atoms with Gasteiger partial charge in [0, 0.05) is 0 Å². The second-order valence-corrected chi connectivity index (χ2v) is 9.42. The normalized spacial score (nSPS) is 12.8. The standard InChI is InChI=1S/C21H23NO6S/c1-14(2)29(25,26)16-7-5-15(6-8-16)12-21(24)22-13-17(23)18-9-10-20(28-18)19-4-3-11-27-19/h3-11,14,17,23H,12-13H2,1-2H3,(H,22,24). The number of furan rings is 2. The van der Waals surface area contributed by atoms with Gasteiger partial charge in [-0.25, -0.2) is 8.42 Å². The smallest absolute Gasteiger partial charge is 0.224 e. The molecule has 1 aromatic carbocycles. The Hall–Kier alpha value is -2.84. The average molecular weight is 417 g/mol. The highest BCUT2D eigenvalue weighted by molar-refractivity contribution is 7.92. The van der Waals surface area contributed by atoms with Crippen molar-refractivity contribution >= 4 is 15.7 Å². The predicted octanol–water partition coefficient (Wildman–Crippen LogP) is 3.11. The van der Waals surface area contributed by atoms with Crippen molar-refractivity contribution in [3.8, 4) is 11.5 Å². The number of hydrogen-bond acceptors (Lipinski definition) is 6. The van der Waals surface area contributed by atoms with Crippen LogP contribution < -0.4 is 5.32 Å². The quantitative estimate of drug-likeness (QED) is 0.583. The minimum Gasteiger partial charge on any atom is -0.461 e. The maximum atomic E-state index is 12.1. The Bertz CT molecular complexity index is 1050. The number of benzene rings is 1. The number of hydrogen-bond donors (Lipinski definition) is 2. The number of rotatable bonds is 8. The number of amides is 1. The van der Waals surface area contributed by atoms with E-state index in [1.807, 2.05) is 0 Å². The van der Waals surface area contributed by atoms with Crippen LogP contribution in [0, 0.1) is 0 Å². The monoisotopic (exact) mass is 417 g/mol. The maximum absolute atomic E-state index is 12.1. The van der Waals surface area contributed by atoms with Gasteiger partial charge in [-0.3, -0.25) is 4.79 Å². The zero-order valence-electron chi connectivity index (χ0n) is 16.2. The van der Waals surface area contributed by atoms with Crippen molar-refractivity contribution in [1.82, 2.24) is 5.32 Å². The van der Waals surface area contributed by atoms with Crippen LogP contribution in [0.1, 0.15) is 31.3 Å². The third-order valence-corrected chi connectivity index (χ3v) is 6.62. The molecule has 0 spiro atoms. The van der Waals surface area contributed by atoms with Crippen LogP contribution in [0.2, 0.25) is 0 Å². The van der Waals surface area contributed by atoms with Crippen molar-refractivity contribution in [2.75, 3.05) is 6.54 Å². The summed E-state index contributed by atoms with van der Waals surface area (Å²) in [7, 11) is -3.34. The zero-order valence-corrected chi connectivity index (χ0v) is 17.0. The summed E-state index contributed by atoms with van der Waals surface area (Å²) in [5, 5.41) is 12.4. The van der Waals surface area contributed by atoms with E-state index >= 15 is 0 Å². The fourth-order valence-corrected chi connectivity index (χ4v) is 3.77. The summed E-state index contributed by atoms with van der Waals surface area (Å²) < 4.78 is 35.1. The van der Waals surface area contributed by atoms with Gasteiger partial charge in [-0.2, -0.15) is 0 Å². The van der Waals surface area contributed by atoms with Crippen LogP contribution in [0.15, 0.2) is 68.5 Å². The van der Waals surface area contributed by atoms with Crippen LogP contribution in [0.25, 0.3) is 11.5 Å². The summed E-state index contributed by atoms with van der Waals surface area (Å²) in [6, 6.07) is 13.0. The molecule has 0 saturated heterocycles. The summed E-state index contributed by atoms with van der Waals surface area (Å²) in [4.78, 5) is 12.4. The predicted molar refractivity (Wildman–Crippen MR) is 107 cm³/mol. The highest BCUT2D eigenvalue weighted by atomic mass is 32.2. The number of aliphatic hydroxyl groups is 1. The van der Waals surface area contributed by atoms with E-state index in [1.54, 1.807) is 50.2 Å². The van der Waals surface area contributed by atoms with Crippen molar-refractivity contribution in [3.63, 3.8) is 0 Å². The highest BCUT2D eigenvalue weighted by Gasteiger charge is 2.19. The van der Waals surface area contributed by atoms with Gasteiger partial charge in [-0.15, -0.1) is 0 Å². The van der Waals surface area contributed by atoms with Crippen LogP contribution in [-0.4, -0.2) is 31.2 Å². The third kappa shape index (κ3) is 4.96. The van der Waals surface area contributed by atoms with Gasteiger partial charge in [0.15, 0.2) is 21.4 Å². The molecule has 0 fully saturated rings. The summed E-state index contributed by atoms with van der Waals surface area (Å²) in [6.45, 7) is 3.24. The Morgan fingerprint density at radius 3 is 2.41 bits per heavy atom. The Balaban J connectivity index is 1.53. The highest BCUT2D eigenvalue weighted by Crippen LogP contribution is 2.25. The summed E-state index contributed by atoms with van der Waals surface area (Å²) in [5.41, 5.74) is 0.679. The molecule has 8 heteroatoms. The van der Waals surface area contributed by atoms with E-state index < -0.39 is 21.2 Å². The first-order valence-electron chi connectivity index (χ1n) is 9.18. The topological polar surface area (TPSA) is 110 Å². The molecule has 0 aliphatic heterocycles. The molecule has 154 valence electrons. The van der Waals surface area contributed by atoms with Gasteiger partial charge in [-0.05, 0) is 55.8 Å². The first kappa shape index (κ1) is 20.9. The molecule has 0 radical (unpaired) electrons. The van der Waals surface area contributed by atoms with Crippen molar-refractivity contribution in [1.29, 1.82) is 0 Å². The molecule has 2 heterocycles. The molecule has 0 bridgehead atoms. The van der Waals surface area contributed by atoms with Gasteiger partial charge in [0.2, 0.25) is 5.91 Å². The van der Waals surface area contributed by atoms with E-state index in [2.05, 4.69) is 5.32 Å². The number of aliphatic hydroxyl groups excluding tert-OH is 1. The number of carbonyl (C=O) groups excluding carboxylic acids is 1. The molecule has 29 heavy (non-hydrogen) atoms. The molecule has 0 saturated carbocycles. The van der Waals surface area contributed by atoms with E-state index in [1.165, 1.54) is 18.4 Å². The van der Waals surface area contributed by atoms with E-state index in [9.17, 15) is 18.3 Å². The second-order valence-electron chi connectivity index (χ2n) is 6.91. The molecule has 2 N–H and O–H groups in total. The molecule has 0 aliphatic carbocycles. The van der Waals surface area contributed by atoms with E-state index in [0.29, 0.717) is 22.8 Å². The molecule has 0 aliphatic rings. The Morgan fingerprint density at radius 1 is 1.07 bits per heavy atom. The lowest BCUT2D eigenvalue weighted by Crippen LogP contribution is -2.29. The van der Waals surface area contributed by atoms with E-state index in [-0.39, 0.29) is 23.8 Å². The first-order chi connectivity index (χ1) is 13.8. The summed E-state index contributed by atoms with van der Waals surface area (Å²) >= 11 is 0. The Kier molecular flexibility index (Phi) is 6.24. The van der Waals surface area contributed by atoms with Gasteiger partial charge < -0.3 is 19.3 Å². The van der Waals surface area contributed by atoms with Crippen molar-refractivity contribution in [2.45, 2.75) is 36.5 Å². The molecular weight excluding hydrogens is 394 g/mol. The Labute approximate surface area is 169 Å². The number of carbonyl (C=O) groups is 1. The lowest BCUT2D eigenvalue weighted by Gasteiger charge is -2.11. The number of nitrogens with one attached hydrogen (secondary N) is 1. The second kappa shape index (κ2) is 8.67. The van der Waals surface area contributed by atoms with Gasteiger partial charge >= 0.3 is 0 Å². The Morgan fingerprint density at radius 2 is 1.79 bits per heavy atom. The lowest BCUT2D eigenvalue weighted by molar-refractivity contribution is -0.120. The summed E-state index contributed by atoms with van der Waals surface area (Å²) in [6.07, 6.45) is 0.602. The van der Waals surface area contributed by atoms with Gasteiger partial charge in [0.05, 0.1) is 29.4 Å². The molecule has 1 atom stereocenters. The SMILES string of the molecule is CC(C)S(=O)(=O)c1ccc(CC(=O)NCC(O)c2ccc(-c3ccco3)o2)cc1. The molecule has 1 amide bonds. The average Bonchev–Trinajstić information content (AvgIpc) is 3.38. The molecule has 1 unspecified atom stereocenters. The molecule has 3 aromatic rings. The van der Waals surface area contributed by atoms with Gasteiger partial charge in [0.1, 0.15) is 11.9 Å². The number of sulfone groups is 1. The molecule has 2 aromatic heterocycles. The van der Waals surface area contributed by atoms with Crippen LogP contribution in [-0.2, 0) is 21.1 Å². The van der Waals surface area contributed by atoms with Crippen LogP contribution in [0.4, 0.5) is 0 Å². The van der Waals surface area contributed by atoms with Gasteiger partial charge in [-0.1, -0.05) is 12.1 Å². The molecular formula is C21H23NO6S. The van der Waals surface area contributed by atoms with Crippen LogP contribution in [0.3, 0.4) is 0 Å². The fraction of sp³-hybridized carbons (Fsp3) is 0.286. The largest absolute Gasteiger partial charge is 0.461 e. The van der Waals surface area contributed by atoms with Crippen molar-refractivity contribution < 1.29 is 27.2 Å². The lowest BCUT2D eigenvalue weighted by atomic mass is 10.1. The van der Waals surface area contributed by atoms with Crippen molar-refractivity contribution in [3.05, 3.63) is 66.1 Å². The van der Waals surface area contributed by atoms with E-state index in [0.717, 1.165) is 0 Å². The minimum atomic E-state index is -3.34. The maximum Gasteiger partial charge on any atom is 0.224 e. The molecule has 3 rings (SSSR count). The van der Waals surface area contributed by atoms with E-state index in [4.69, 9.17) is 8.83 Å². The first-order valence-corrected chi connectivity index (χ1v) is 10.7. The summed E-state index contributed by atoms with van der Waals surface area (Å²) in [5.74, 6) is 1.07. The third-order valence-electron chi connectivity index (χ3n) is 4.45. The van der Waals surface area contributed by atoms with Crippen molar-refractivity contribution in [2.24, 2.45) is 0 Å². The van der Waals surface area contributed by atoms with Gasteiger partial charge in [0.25, 0.3) is 0 Å². The minimum absolute atomic E-state index is 0.0102. The molecule has 7 nitrogen and oxygen atoms in total. The van der Waals surface area contributed by atoms with Crippen LogP contribution >= 0.6 is 0 Å². The fourth-order valence-electron chi connectivity index (χ4n) is 2.71. The van der Waals surface area contributed by atoms with Crippen LogP contribution in [0.5, 0.6) is 0 Å². The zero-order chi connectivity index (χ0) is 21.0.